The number of ether oxygens (including phenoxy) is 1. The largest absolute Gasteiger partial charge is 0.444 e. The molecule has 10 heteroatoms. The minimum Gasteiger partial charge on any atom is -0.444 e. The summed E-state index contributed by atoms with van der Waals surface area (Å²) in [6.45, 7) is 0. The predicted molar refractivity (Wildman–Crippen MR) is 123 cm³/mol. The number of rotatable bonds is 7. The second-order valence-corrected chi connectivity index (χ2v) is 8.97. The molecule has 8 nitrogen and oxygen atoms in total. The molecular formula is C21H19N5O3S2. The fourth-order valence-corrected chi connectivity index (χ4v) is 4.11. The zero-order valence-electron chi connectivity index (χ0n) is 16.4. The summed E-state index contributed by atoms with van der Waals surface area (Å²) >= 11 is 1.41. The molecule has 0 aliphatic rings. The molecule has 0 bridgehead atoms. The van der Waals surface area contributed by atoms with E-state index in [4.69, 9.17) is 9.88 Å². The number of nitrogens with one attached hydrogen (secondary N) is 2. The first kappa shape index (κ1) is 20.8. The van der Waals surface area contributed by atoms with Crippen LogP contribution in [0.4, 0.5) is 16.6 Å². The van der Waals surface area contributed by atoms with Crippen LogP contribution in [-0.2, 0) is 10.0 Å². The van der Waals surface area contributed by atoms with Crippen molar-refractivity contribution in [2.75, 3.05) is 17.7 Å². The molecule has 2 heterocycles. The van der Waals surface area contributed by atoms with Crippen molar-refractivity contribution < 1.29 is 13.2 Å². The van der Waals surface area contributed by atoms with E-state index < -0.39 is 10.0 Å². The molecular weight excluding hydrogens is 434 g/mol. The van der Waals surface area contributed by atoms with E-state index in [1.54, 1.807) is 30.5 Å². The molecule has 31 heavy (non-hydrogen) atoms. The van der Waals surface area contributed by atoms with Gasteiger partial charge in [0.05, 0.1) is 4.90 Å². The van der Waals surface area contributed by atoms with Crippen molar-refractivity contribution in [3.63, 3.8) is 0 Å². The van der Waals surface area contributed by atoms with Gasteiger partial charge in [-0.25, -0.2) is 23.5 Å². The van der Waals surface area contributed by atoms with E-state index in [1.165, 1.54) is 23.5 Å². The molecule has 4 aromatic rings. The number of pyridine rings is 1. The Balaban J connectivity index is 1.56. The van der Waals surface area contributed by atoms with Crippen molar-refractivity contribution in [2.45, 2.75) is 4.90 Å². The molecule has 0 spiro atoms. The van der Waals surface area contributed by atoms with Crippen LogP contribution >= 0.6 is 11.3 Å². The van der Waals surface area contributed by atoms with E-state index in [0.717, 1.165) is 16.4 Å². The average molecular weight is 454 g/mol. The van der Waals surface area contributed by atoms with Gasteiger partial charge in [0.1, 0.15) is 17.3 Å². The topological polar surface area (TPSA) is 119 Å². The van der Waals surface area contributed by atoms with Gasteiger partial charge in [-0.3, -0.25) is 0 Å². The highest BCUT2D eigenvalue weighted by atomic mass is 32.2. The smallest absolute Gasteiger partial charge is 0.238 e. The Morgan fingerprint density at radius 3 is 2.45 bits per heavy atom. The van der Waals surface area contributed by atoms with Crippen molar-refractivity contribution >= 4 is 38.0 Å². The van der Waals surface area contributed by atoms with Gasteiger partial charge in [0, 0.05) is 30.6 Å². The summed E-state index contributed by atoms with van der Waals surface area (Å²) in [6.07, 6.45) is 1.62. The van der Waals surface area contributed by atoms with Crippen LogP contribution in [0.2, 0.25) is 0 Å². The highest BCUT2D eigenvalue weighted by Crippen LogP contribution is 2.40. The molecule has 0 saturated heterocycles. The summed E-state index contributed by atoms with van der Waals surface area (Å²) in [5, 5.41) is 12.7. The predicted octanol–water partition coefficient (Wildman–Crippen LogP) is 4.43. The van der Waals surface area contributed by atoms with E-state index in [9.17, 15) is 8.42 Å². The number of nitrogens with two attached hydrogens (primary N) is 1. The average Bonchev–Trinajstić information content (AvgIpc) is 3.17. The lowest BCUT2D eigenvalue weighted by molar-refractivity contribution is 0.496. The van der Waals surface area contributed by atoms with E-state index in [-0.39, 0.29) is 4.90 Å². The maximum Gasteiger partial charge on any atom is 0.238 e. The van der Waals surface area contributed by atoms with Gasteiger partial charge < -0.3 is 15.4 Å². The van der Waals surface area contributed by atoms with Gasteiger partial charge >= 0.3 is 0 Å². The molecule has 0 unspecified atom stereocenters. The van der Waals surface area contributed by atoms with Crippen LogP contribution < -0.4 is 20.5 Å². The molecule has 0 aliphatic carbocycles. The van der Waals surface area contributed by atoms with E-state index in [2.05, 4.69) is 20.6 Å². The molecule has 2 aromatic heterocycles. The summed E-state index contributed by atoms with van der Waals surface area (Å²) in [5.41, 5.74) is 2.37. The Morgan fingerprint density at radius 2 is 1.77 bits per heavy atom. The molecule has 4 rings (SSSR count). The standard InChI is InChI=1S/C21H19N5O3S2/c1-23-21-26-19(14-5-3-2-4-6-14)20(30-21)29-16-11-12-24-18(13-16)25-15-7-9-17(10-8-15)31(22,27)28/h2-13H,1H3,(H,23,26)(H,24,25)(H2,22,27,28). The van der Waals surface area contributed by atoms with Crippen molar-refractivity contribution in [3.05, 3.63) is 72.9 Å². The normalized spacial score (nSPS) is 11.2. The SMILES string of the molecule is CNc1nc(-c2ccccc2)c(Oc2ccnc(Nc3ccc(S(N)(=O)=O)cc3)c2)s1. The number of nitrogens with zero attached hydrogens (tertiary/aromatic N) is 2. The van der Waals surface area contributed by atoms with Gasteiger partial charge in [-0.05, 0) is 30.3 Å². The Bertz CT molecular complexity index is 1290. The molecule has 2 aromatic carbocycles. The molecule has 0 saturated carbocycles. The third-order valence-corrected chi connectivity index (χ3v) is 6.13. The molecule has 0 radical (unpaired) electrons. The van der Waals surface area contributed by atoms with Gasteiger partial charge in [-0.2, -0.15) is 0 Å². The number of hydrogen-bond acceptors (Lipinski definition) is 8. The number of sulfonamides is 1. The highest BCUT2D eigenvalue weighted by molar-refractivity contribution is 7.89. The lowest BCUT2D eigenvalue weighted by Gasteiger charge is -2.09. The third-order valence-electron chi connectivity index (χ3n) is 4.25. The maximum absolute atomic E-state index is 11.4. The van der Waals surface area contributed by atoms with Gasteiger partial charge in [0.2, 0.25) is 15.1 Å². The number of aromatic nitrogens is 2. The number of anilines is 3. The van der Waals surface area contributed by atoms with Crippen LogP contribution in [0.25, 0.3) is 11.3 Å². The zero-order chi connectivity index (χ0) is 21.8. The minimum atomic E-state index is -3.73. The first-order valence-electron chi connectivity index (χ1n) is 9.20. The Kier molecular flexibility index (Phi) is 5.85. The highest BCUT2D eigenvalue weighted by Gasteiger charge is 2.15. The summed E-state index contributed by atoms with van der Waals surface area (Å²) < 4.78 is 28.9. The van der Waals surface area contributed by atoms with Crippen LogP contribution in [0, 0.1) is 0 Å². The zero-order valence-corrected chi connectivity index (χ0v) is 18.1. The minimum absolute atomic E-state index is 0.0436. The lowest BCUT2D eigenvalue weighted by atomic mass is 10.2. The van der Waals surface area contributed by atoms with E-state index >= 15 is 0 Å². The number of thiazole rings is 1. The van der Waals surface area contributed by atoms with Crippen LogP contribution in [-0.4, -0.2) is 25.4 Å². The van der Waals surface area contributed by atoms with E-state index in [1.807, 2.05) is 37.4 Å². The maximum atomic E-state index is 11.4. The fraction of sp³-hybridized carbons (Fsp3) is 0.0476. The first-order valence-corrected chi connectivity index (χ1v) is 11.6. The summed E-state index contributed by atoms with van der Waals surface area (Å²) in [4.78, 5) is 8.94. The van der Waals surface area contributed by atoms with Gasteiger partial charge in [-0.15, -0.1) is 0 Å². The summed E-state index contributed by atoms with van der Waals surface area (Å²) in [6, 6.07) is 19.4. The molecule has 4 N–H and O–H groups in total. The number of primary sulfonamides is 1. The Morgan fingerprint density at radius 1 is 1.03 bits per heavy atom. The van der Waals surface area contributed by atoms with Crippen molar-refractivity contribution in [1.29, 1.82) is 0 Å². The first-order chi connectivity index (χ1) is 14.9. The quantitative estimate of drug-likeness (QED) is 0.379. The fourth-order valence-electron chi connectivity index (χ4n) is 2.79. The molecule has 0 amide bonds. The summed E-state index contributed by atoms with van der Waals surface area (Å²) in [7, 11) is -1.92. The van der Waals surface area contributed by atoms with Crippen molar-refractivity contribution in [1.82, 2.24) is 9.97 Å². The molecule has 0 fully saturated rings. The van der Waals surface area contributed by atoms with Gasteiger partial charge in [-0.1, -0.05) is 41.7 Å². The molecule has 0 atom stereocenters. The molecule has 158 valence electrons. The third kappa shape index (κ3) is 5.00. The summed E-state index contributed by atoms with van der Waals surface area (Å²) in [5.74, 6) is 1.13. The Labute approximate surface area is 183 Å². The van der Waals surface area contributed by atoms with Gasteiger partial charge in [0.15, 0.2) is 5.13 Å². The van der Waals surface area contributed by atoms with Crippen LogP contribution in [0.15, 0.2) is 77.8 Å². The second-order valence-electron chi connectivity index (χ2n) is 6.44. The van der Waals surface area contributed by atoms with E-state index in [0.29, 0.717) is 22.3 Å². The van der Waals surface area contributed by atoms with Crippen molar-refractivity contribution in [2.24, 2.45) is 5.14 Å². The Hall–Kier alpha value is -3.47. The second kappa shape index (κ2) is 8.72. The lowest BCUT2D eigenvalue weighted by Crippen LogP contribution is -2.11. The van der Waals surface area contributed by atoms with Crippen molar-refractivity contribution in [3.8, 4) is 22.1 Å². The van der Waals surface area contributed by atoms with Gasteiger partial charge in [0.25, 0.3) is 0 Å². The number of hydrogen-bond donors (Lipinski definition) is 3. The monoisotopic (exact) mass is 453 g/mol. The van der Waals surface area contributed by atoms with Crippen LogP contribution in [0.3, 0.4) is 0 Å². The van der Waals surface area contributed by atoms with Crippen LogP contribution in [0.1, 0.15) is 0 Å². The van der Waals surface area contributed by atoms with Crippen LogP contribution in [0.5, 0.6) is 10.8 Å². The number of benzene rings is 2. The molecule has 0 aliphatic heterocycles.